The molecule has 4 nitrogen and oxygen atoms in total. The van der Waals surface area contributed by atoms with Crippen LogP contribution in [-0.2, 0) is 6.54 Å². The minimum absolute atomic E-state index is 0.336. The Morgan fingerprint density at radius 1 is 1.22 bits per heavy atom. The first-order valence-corrected chi connectivity index (χ1v) is 5.68. The van der Waals surface area contributed by atoms with Gasteiger partial charge in [0.25, 0.3) is 0 Å². The lowest BCUT2D eigenvalue weighted by Crippen LogP contribution is -2.18. The van der Waals surface area contributed by atoms with Gasteiger partial charge in [0.15, 0.2) is 5.69 Å². The molecule has 1 aromatic carbocycles. The van der Waals surface area contributed by atoms with Gasteiger partial charge >= 0.3 is 0 Å². The Morgan fingerprint density at radius 2 is 2.00 bits per heavy atom. The van der Waals surface area contributed by atoms with Crippen molar-refractivity contribution in [2.45, 2.75) is 13.5 Å². The second-order valence-electron chi connectivity index (χ2n) is 4.15. The molecule has 0 atom stereocenters. The van der Waals surface area contributed by atoms with Gasteiger partial charge in [-0.1, -0.05) is 24.3 Å². The van der Waals surface area contributed by atoms with Crippen LogP contribution in [0.25, 0.3) is 0 Å². The summed E-state index contributed by atoms with van der Waals surface area (Å²) in [5.41, 5.74) is 2.85. The molecule has 0 fully saturated rings. The van der Waals surface area contributed by atoms with Gasteiger partial charge in [-0.15, -0.1) is 0 Å². The molecule has 0 spiro atoms. The molecule has 1 aromatic heterocycles. The highest BCUT2D eigenvalue weighted by atomic mass is 15.2. The molecule has 4 heteroatoms. The van der Waals surface area contributed by atoms with Gasteiger partial charge in [-0.05, 0) is 18.1 Å². The van der Waals surface area contributed by atoms with Crippen LogP contribution in [0, 0.1) is 18.3 Å². The number of aryl methyl sites for hydroxylation is 1. The zero-order valence-electron chi connectivity index (χ0n) is 10.5. The quantitative estimate of drug-likeness (QED) is 0.823. The van der Waals surface area contributed by atoms with E-state index in [2.05, 4.69) is 29.0 Å². The van der Waals surface area contributed by atoms with Gasteiger partial charge in [0, 0.05) is 13.6 Å². The summed E-state index contributed by atoms with van der Waals surface area (Å²) in [4.78, 5) is 10.2. The Labute approximate surface area is 107 Å². The largest absolute Gasteiger partial charge is 0.354 e. The van der Waals surface area contributed by atoms with Crippen LogP contribution in [0.3, 0.4) is 0 Å². The second-order valence-corrected chi connectivity index (χ2v) is 4.15. The Balaban J connectivity index is 2.15. The standard InChI is InChI=1S/C14H14N4/c1-11-5-3-4-6-12(11)10-18(2)14-9-16-13(7-15)8-17-14/h3-6,8-9H,10H2,1-2H3. The fraction of sp³-hybridized carbons (Fsp3) is 0.214. The summed E-state index contributed by atoms with van der Waals surface area (Å²) in [6.07, 6.45) is 3.11. The van der Waals surface area contributed by atoms with Gasteiger partial charge in [-0.25, -0.2) is 9.97 Å². The number of hydrogen-bond donors (Lipinski definition) is 0. The van der Waals surface area contributed by atoms with Crippen molar-refractivity contribution in [2.75, 3.05) is 11.9 Å². The van der Waals surface area contributed by atoms with Crippen molar-refractivity contribution in [3.63, 3.8) is 0 Å². The van der Waals surface area contributed by atoms with E-state index in [9.17, 15) is 0 Å². The average Bonchev–Trinajstić information content (AvgIpc) is 2.41. The van der Waals surface area contributed by atoms with Crippen LogP contribution >= 0.6 is 0 Å². The third-order valence-electron chi connectivity index (χ3n) is 2.81. The van der Waals surface area contributed by atoms with Crippen LogP contribution in [0.1, 0.15) is 16.8 Å². The minimum atomic E-state index is 0.336. The van der Waals surface area contributed by atoms with Crippen molar-refractivity contribution < 1.29 is 0 Å². The lowest BCUT2D eigenvalue weighted by molar-refractivity contribution is 0.882. The topological polar surface area (TPSA) is 52.8 Å². The van der Waals surface area contributed by atoms with Crippen LogP contribution in [0.5, 0.6) is 0 Å². The van der Waals surface area contributed by atoms with Crippen molar-refractivity contribution in [1.82, 2.24) is 9.97 Å². The van der Waals surface area contributed by atoms with E-state index < -0.39 is 0 Å². The third-order valence-corrected chi connectivity index (χ3v) is 2.81. The predicted molar refractivity (Wildman–Crippen MR) is 70.0 cm³/mol. The third kappa shape index (κ3) is 2.64. The molecule has 2 aromatic rings. The summed E-state index contributed by atoms with van der Waals surface area (Å²) in [7, 11) is 1.96. The lowest BCUT2D eigenvalue weighted by Gasteiger charge is -2.18. The number of nitriles is 1. The van der Waals surface area contributed by atoms with Gasteiger partial charge in [0.2, 0.25) is 0 Å². The van der Waals surface area contributed by atoms with E-state index in [0.29, 0.717) is 5.69 Å². The zero-order chi connectivity index (χ0) is 13.0. The Hall–Kier alpha value is -2.41. The van der Waals surface area contributed by atoms with Gasteiger partial charge < -0.3 is 4.90 Å². The summed E-state index contributed by atoms with van der Waals surface area (Å²) in [6.45, 7) is 2.86. The fourth-order valence-electron chi connectivity index (χ4n) is 1.70. The van der Waals surface area contributed by atoms with E-state index in [1.807, 2.05) is 30.1 Å². The maximum atomic E-state index is 8.67. The summed E-state index contributed by atoms with van der Waals surface area (Å²) in [5.74, 6) is 0.761. The highest BCUT2D eigenvalue weighted by molar-refractivity contribution is 5.38. The molecule has 0 radical (unpaired) electrons. The monoisotopic (exact) mass is 238 g/mol. The molecule has 18 heavy (non-hydrogen) atoms. The number of benzene rings is 1. The number of nitrogens with zero attached hydrogens (tertiary/aromatic N) is 4. The van der Waals surface area contributed by atoms with Crippen molar-refractivity contribution in [1.29, 1.82) is 5.26 Å². The molecular weight excluding hydrogens is 224 g/mol. The van der Waals surface area contributed by atoms with E-state index in [1.54, 1.807) is 6.20 Å². The van der Waals surface area contributed by atoms with Gasteiger partial charge in [-0.2, -0.15) is 5.26 Å². The number of aromatic nitrogens is 2. The summed E-state index contributed by atoms with van der Waals surface area (Å²) >= 11 is 0. The smallest absolute Gasteiger partial charge is 0.158 e. The summed E-state index contributed by atoms with van der Waals surface area (Å²) < 4.78 is 0. The maximum Gasteiger partial charge on any atom is 0.158 e. The zero-order valence-corrected chi connectivity index (χ0v) is 10.5. The van der Waals surface area contributed by atoms with Crippen molar-refractivity contribution >= 4 is 5.82 Å². The van der Waals surface area contributed by atoms with E-state index >= 15 is 0 Å². The van der Waals surface area contributed by atoms with Crippen LogP contribution in [0.4, 0.5) is 5.82 Å². The minimum Gasteiger partial charge on any atom is -0.354 e. The molecule has 0 aliphatic rings. The molecule has 0 aliphatic heterocycles. The van der Waals surface area contributed by atoms with Crippen molar-refractivity contribution in [3.8, 4) is 6.07 Å². The Bertz CT molecular complexity index is 569. The number of hydrogen-bond acceptors (Lipinski definition) is 4. The van der Waals surface area contributed by atoms with Gasteiger partial charge in [0.05, 0.1) is 12.4 Å². The summed E-state index contributed by atoms with van der Waals surface area (Å²) in [6, 6.07) is 10.2. The molecule has 1 heterocycles. The Morgan fingerprint density at radius 3 is 2.61 bits per heavy atom. The number of anilines is 1. The predicted octanol–water partition coefficient (Wildman–Crippen LogP) is 2.29. The maximum absolute atomic E-state index is 8.67. The lowest BCUT2D eigenvalue weighted by atomic mass is 10.1. The van der Waals surface area contributed by atoms with Crippen molar-refractivity contribution in [2.24, 2.45) is 0 Å². The molecular formula is C14H14N4. The molecule has 90 valence electrons. The van der Waals surface area contributed by atoms with E-state index in [-0.39, 0.29) is 0 Å². The van der Waals surface area contributed by atoms with Crippen LogP contribution in [0.2, 0.25) is 0 Å². The Kier molecular flexibility index (Phi) is 3.54. The first-order valence-electron chi connectivity index (χ1n) is 5.68. The molecule has 0 unspecified atom stereocenters. The highest BCUT2D eigenvalue weighted by Gasteiger charge is 2.05. The van der Waals surface area contributed by atoms with Gasteiger partial charge in [0.1, 0.15) is 11.9 Å². The highest BCUT2D eigenvalue weighted by Crippen LogP contribution is 2.14. The second kappa shape index (κ2) is 5.28. The molecule has 0 saturated carbocycles. The fourth-order valence-corrected chi connectivity index (χ4v) is 1.70. The van der Waals surface area contributed by atoms with Crippen LogP contribution in [0.15, 0.2) is 36.7 Å². The van der Waals surface area contributed by atoms with E-state index in [1.165, 1.54) is 17.3 Å². The molecule has 0 bridgehead atoms. The molecule has 0 aliphatic carbocycles. The summed E-state index contributed by atoms with van der Waals surface area (Å²) in [5, 5.41) is 8.67. The van der Waals surface area contributed by atoms with E-state index in [4.69, 9.17) is 5.26 Å². The van der Waals surface area contributed by atoms with Crippen LogP contribution in [-0.4, -0.2) is 17.0 Å². The number of rotatable bonds is 3. The van der Waals surface area contributed by atoms with Crippen molar-refractivity contribution in [3.05, 3.63) is 53.5 Å². The first kappa shape index (κ1) is 12.1. The average molecular weight is 238 g/mol. The SMILES string of the molecule is Cc1ccccc1CN(C)c1cnc(C#N)cn1. The molecule has 0 N–H and O–H groups in total. The van der Waals surface area contributed by atoms with Crippen LogP contribution < -0.4 is 4.90 Å². The molecule has 0 saturated heterocycles. The first-order chi connectivity index (χ1) is 8.70. The van der Waals surface area contributed by atoms with Gasteiger partial charge in [-0.3, -0.25) is 0 Å². The molecule has 2 rings (SSSR count). The normalized spacial score (nSPS) is 9.83. The van der Waals surface area contributed by atoms with E-state index in [0.717, 1.165) is 12.4 Å². The molecule has 0 amide bonds.